The third kappa shape index (κ3) is 8.86. The van der Waals surface area contributed by atoms with Crippen LogP contribution in [0, 0.1) is 30.3 Å². The van der Waals surface area contributed by atoms with Crippen molar-refractivity contribution < 1.29 is 32.6 Å². The minimum Gasteiger partial charge on any atom is -0.471 e. The Labute approximate surface area is 218 Å². The lowest BCUT2D eigenvalue weighted by atomic mass is 9.98. The number of benzene rings is 1. The molecule has 2 rings (SSSR count). The van der Waals surface area contributed by atoms with E-state index in [9.17, 15) is 22.8 Å². The maximum atomic E-state index is 14.1. The van der Waals surface area contributed by atoms with Crippen LogP contribution in [-0.4, -0.2) is 47.2 Å². The Morgan fingerprint density at radius 3 is 2.54 bits per heavy atom. The highest BCUT2D eigenvalue weighted by Crippen LogP contribution is 2.31. The number of carbonyl (C=O) groups is 2. The van der Waals surface area contributed by atoms with Gasteiger partial charge < -0.3 is 26.2 Å². The fourth-order valence-corrected chi connectivity index (χ4v) is 4.31. The number of unbranched alkanes of at least 4 members (excludes halogenated alkanes) is 1. The molecule has 3 amide bonds. The predicted molar refractivity (Wildman–Crippen MR) is 135 cm³/mol. The Morgan fingerprint density at radius 1 is 1.16 bits per heavy atom. The van der Waals surface area contributed by atoms with Crippen LogP contribution in [0.15, 0.2) is 6.07 Å². The van der Waals surface area contributed by atoms with Gasteiger partial charge >= 0.3 is 6.03 Å². The summed E-state index contributed by atoms with van der Waals surface area (Å²) in [6, 6.07) is 0.561. The molecule has 2 aromatic rings. The Bertz CT molecular complexity index is 1070. The maximum absolute atomic E-state index is 14.1. The second-order valence-electron chi connectivity index (χ2n) is 8.89. The molecule has 0 aliphatic heterocycles. The summed E-state index contributed by atoms with van der Waals surface area (Å²) in [5.41, 5.74) is 4.27. The van der Waals surface area contributed by atoms with Gasteiger partial charge in [0.25, 0.3) is 5.91 Å². The number of ether oxygens (including phenoxy) is 1. The summed E-state index contributed by atoms with van der Waals surface area (Å²) >= 11 is 0.707. The number of amides is 3. The van der Waals surface area contributed by atoms with Crippen molar-refractivity contribution in [3.05, 3.63) is 40.2 Å². The Morgan fingerprint density at radius 2 is 1.89 bits per heavy atom. The molecule has 0 spiro atoms. The number of urea groups is 1. The average Bonchev–Trinajstić information content (AvgIpc) is 3.23. The van der Waals surface area contributed by atoms with Crippen LogP contribution in [0.25, 0.3) is 0 Å². The molecule has 1 heterocycles. The van der Waals surface area contributed by atoms with Crippen molar-refractivity contribution >= 4 is 28.5 Å². The van der Waals surface area contributed by atoms with Gasteiger partial charge in [-0.3, -0.25) is 10.1 Å². The zero-order valence-corrected chi connectivity index (χ0v) is 21.9. The third-order valence-corrected chi connectivity index (χ3v) is 6.44. The van der Waals surface area contributed by atoms with Crippen LogP contribution in [0.1, 0.15) is 61.0 Å². The lowest BCUT2D eigenvalue weighted by Gasteiger charge is -2.22. The highest BCUT2D eigenvalue weighted by atomic mass is 32.1. The molecule has 1 aromatic carbocycles. The maximum Gasteiger partial charge on any atom is 0.319 e. The van der Waals surface area contributed by atoms with Gasteiger partial charge in [-0.05, 0) is 61.8 Å². The minimum atomic E-state index is -1.40. The number of rotatable bonds is 15. The second kappa shape index (κ2) is 14.7. The number of hydrogen-bond acceptors (Lipinski definition) is 7. The van der Waals surface area contributed by atoms with Gasteiger partial charge in [-0.1, -0.05) is 20.3 Å². The normalized spacial score (nSPS) is 12.0. The van der Waals surface area contributed by atoms with Gasteiger partial charge in [0.2, 0.25) is 5.88 Å². The Kier molecular flexibility index (Phi) is 12.1. The van der Waals surface area contributed by atoms with E-state index in [0.717, 1.165) is 31.9 Å². The first kappa shape index (κ1) is 30.3. The highest BCUT2D eigenvalue weighted by Gasteiger charge is 2.24. The zero-order chi connectivity index (χ0) is 27.5. The van der Waals surface area contributed by atoms with Crippen LogP contribution in [0.4, 0.5) is 23.0 Å². The summed E-state index contributed by atoms with van der Waals surface area (Å²) in [6.45, 7) is 6.01. The van der Waals surface area contributed by atoms with Crippen LogP contribution >= 0.6 is 11.5 Å². The van der Waals surface area contributed by atoms with E-state index in [0.29, 0.717) is 36.5 Å². The molecule has 0 radical (unpaired) electrons. The second-order valence-corrected chi connectivity index (χ2v) is 9.66. The molecule has 1 unspecified atom stereocenters. The van der Waals surface area contributed by atoms with Crippen LogP contribution in [0.2, 0.25) is 0 Å². The van der Waals surface area contributed by atoms with Crippen molar-refractivity contribution in [1.82, 2.24) is 15.0 Å². The molecule has 206 valence electrons. The van der Waals surface area contributed by atoms with Crippen LogP contribution in [-0.2, 0) is 6.61 Å². The van der Waals surface area contributed by atoms with E-state index < -0.39 is 41.6 Å². The number of nitrogens with zero attached hydrogens (tertiary/aromatic N) is 1. The van der Waals surface area contributed by atoms with Gasteiger partial charge in [0.1, 0.15) is 23.0 Å². The van der Waals surface area contributed by atoms with E-state index in [1.54, 1.807) is 0 Å². The average molecular weight is 546 g/mol. The number of anilines is 1. The molecule has 6 N–H and O–H groups in total. The lowest BCUT2D eigenvalue weighted by Crippen LogP contribution is -2.35. The van der Waals surface area contributed by atoms with E-state index in [1.165, 1.54) is 6.92 Å². The Balaban J connectivity index is 1.89. The first-order valence-corrected chi connectivity index (χ1v) is 12.8. The van der Waals surface area contributed by atoms with Crippen molar-refractivity contribution in [3.8, 4) is 5.88 Å². The largest absolute Gasteiger partial charge is 0.471 e. The van der Waals surface area contributed by atoms with Crippen molar-refractivity contribution in [2.24, 2.45) is 11.7 Å². The number of hydrogen-bond donors (Lipinski definition) is 5. The molecular formula is C24H34F3N5O4S. The number of carbonyl (C=O) groups excluding carboxylic acids is 2. The number of halogens is 3. The summed E-state index contributed by atoms with van der Waals surface area (Å²) in [4.78, 5) is 24.3. The van der Waals surface area contributed by atoms with E-state index in [4.69, 9.17) is 15.6 Å². The number of primary amides is 1. The predicted octanol–water partition coefficient (Wildman–Crippen LogP) is 3.84. The number of aliphatic hydroxyl groups excluding tert-OH is 1. The van der Waals surface area contributed by atoms with Crippen molar-refractivity contribution in [3.63, 3.8) is 0 Å². The Hall–Kier alpha value is -2.90. The number of aliphatic hydroxyl groups is 1. The highest BCUT2D eigenvalue weighted by molar-refractivity contribution is 7.11. The van der Waals surface area contributed by atoms with Crippen LogP contribution < -0.4 is 26.4 Å². The molecule has 0 aliphatic carbocycles. The smallest absolute Gasteiger partial charge is 0.319 e. The molecule has 0 aliphatic rings. The quantitative estimate of drug-likeness (QED) is 0.170. The first-order chi connectivity index (χ1) is 17.6. The number of aromatic nitrogens is 1. The van der Waals surface area contributed by atoms with E-state index in [1.807, 2.05) is 0 Å². The van der Waals surface area contributed by atoms with Gasteiger partial charge in [0.05, 0.1) is 5.56 Å². The van der Waals surface area contributed by atoms with E-state index >= 15 is 0 Å². The monoisotopic (exact) mass is 545 g/mol. The molecule has 1 atom stereocenters. The van der Waals surface area contributed by atoms with Crippen LogP contribution in [0.5, 0.6) is 5.88 Å². The summed E-state index contributed by atoms with van der Waals surface area (Å²) in [7, 11) is 0. The number of nitrogens with two attached hydrogens (primary N) is 1. The molecule has 0 saturated heterocycles. The standard InChI is InChI=1S/C24H34F3N5O4S/c1-13(2)17(29-9-6-10-33)7-4-5-8-30-24(35)31-23-18(21(28)34)22(32-37-23)36-12-15-16(25)11-14(3)19(26)20(15)27/h11,13,17,29,33H,4-10,12H2,1-3H3,(H2,28,34)(H2,30,31,35). The summed E-state index contributed by atoms with van der Waals surface area (Å²) in [5, 5.41) is 17.5. The van der Waals surface area contributed by atoms with Crippen LogP contribution in [0.3, 0.4) is 0 Å². The van der Waals surface area contributed by atoms with Crippen molar-refractivity contribution in [2.75, 3.05) is 25.0 Å². The molecule has 9 nitrogen and oxygen atoms in total. The minimum absolute atomic E-state index is 0.00369. The zero-order valence-electron chi connectivity index (χ0n) is 21.1. The fourth-order valence-electron chi connectivity index (χ4n) is 3.58. The van der Waals surface area contributed by atoms with Gasteiger partial charge in [0.15, 0.2) is 11.6 Å². The molecule has 1 aromatic heterocycles. The van der Waals surface area contributed by atoms with Gasteiger partial charge in [-0.2, -0.15) is 4.37 Å². The first-order valence-electron chi connectivity index (χ1n) is 12.0. The SMILES string of the molecule is Cc1cc(F)c(COc2nsc(NC(=O)NCCCCC(NCCCO)C(C)C)c2C(N)=O)c(F)c1F. The molecule has 0 saturated carbocycles. The molecule has 37 heavy (non-hydrogen) atoms. The number of aryl methyl sites for hydroxylation is 1. The van der Waals surface area contributed by atoms with Crippen molar-refractivity contribution in [1.29, 1.82) is 0 Å². The lowest BCUT2D eigenvalue weighted by molar-refractivity contribution is 0.0996. The van der Waals surface area contributed by atoms with Crippen molar-refractivity contribution in [2.45, 2.75) is 59.1 Å². The van der Waals surface area contributed by atoms with E-state index in [-0.39, 0.29) is 28.6 Å². The molecule has 0 fully saturated rings. The third-order valence-electron chi connectivity index (χ3n) is 5.70. The van der Waals surface area contributed by atoms with Gasteiger partial charge in [-0.25, -0.2) is 18.0 Å². The number of nitrogens with one attached hydrogen (secondary N) is 3. The van der Waals surface area contributed by atoms with E-state index in [2.05, 4.69) is 34.2 Å². The summed E-state index contributed by atoms with van der Waals surface area (Å²) < 4.78 is 51.1. The molecule has 0 bridgehead atoms. The molecule has 13 heteroatoms. The summed E-state index contributed by atoms with van der Waals surface area (Å²) in [5.74, 6) is -4.48. The van der Waals surface area contributed by atoms with Gasteiger partial charge in [-0.15, -0.1) is 0 Å². The summed E-state index contributed by atoms with van der Waals surface area (Å²) in [6.07, 6.45) is 3.20. The fraction of sp³-hybridized carbons (Fsp3) is 0.542. The van der Waals surface area contributed by atoms with Gasteiger partial charge in [0, 0.05) is 19.2 Å². The molecular weight excluding hydrogens is 511 g/mol. The topological polar surface area (TPSA) is 139 Å².